The summed E-state index contributed by atoms with van der Waals surface area (Å²) >= 11 is 5.24. The molecule has 0 atom stereocenters. The monoisotopic (exact) mass is 260 g/mol. The van der Waals surface area contributed by atoms with Crippen molar-refractivity contribution < 1.29 is 27.5 Å². The Morgan fingerprint density at radius 1 is 1.50 bits per heavy atom. The summed E-state index contributed by atoms with van der Waals surface area (Å²) in [7, 11) is 0. The van der Waals surface area contributed by atoms with Crippen LogP contribution in [0.15, 0.2) is 12.3 Å². The van der Waals surface area contributed by atoms with Gasteiger partial charge in [-0.2, -0.15) is 13.2 Å². The van der Waals surface area contributed by atoms with Gasteiger partial charge >= 0.3 is 12.1 Å². The number of aliphatic carboxylic acids is 1. The maximum atomic E-state index is 12.3. The van der Waals surface area contributed by atoms with Crippen LogP contribution in [-0.4, -0.2) is 22.2 Å². The molecule has 0 bridgehead atoms. The van der Waals surface area contributed by atoms with Gasteiger partial charge in [0.15, 0.2) is 11.0 Å². The fraction of sp³-hybridized carbons (Fsp3) is 0.143. The standard InChI is InChI=1S/C5H4ClFN2.C2HF3O2/c6-5-4(7)1-3(8)2-9-5;3-2(4,5)1(6)7/h1-2H,8H2;(H,6,7). The number of hydrogen-bond acceptors (Lipinski definition) is 3. The first-order valence-electron chi connectivity index (χ1n) is 3.51. The molecule has 0 unspecified atom stereocenters. The van der Waals surface area contributed by atoms with E-state index < -0.39 is 18.0 Å². The summed E-state index contributed by atoms with van der Waals surface area (Å²) in [6.07, 6.45) is -3.79. The van der Waals surface area contributed by atoms with Crippen LogP contribution in [0.2, 0.25) is 5.15 Å². The van der Waals surface area contributed by atoms with Crippen molar-refractivity contribution in [3.8, 4) is 0 Å². The number of halogens is 5. The SMILES string of the molecule is Nc1cnc(Cl)c(F)c1.O=C(O)C(F)(F)F. The van der Waals surface area contributed by atoms with Gasteiger partial charge in [-0.15, -0.1) is 0 Å². The number of nitrogen functional groups attached to an aromatic ring is 1. The lowest BCUT2D eigenvalue weighted by Gasteiger charge is -1.93. The molecule has 1 rings (SSSR count). The Balaban J connectivity index is 0.000000293. The third-order valence-electron chi connectivity index (χ3n) is 1.06. The van der Waals surface area contributed by atoms with Crippen molar-refractivity contribution in [3.63, 3.8) is 0 Å². The molecule has 0 saturated carbocycles. The van der Waals surface area contributed by atoms with Crippen LogP contribution in [-0.2, 0) is 4.79 Å². The zero-order valence-corrected chi connectivity index (χ0v) is 8.18. The van der Waals surface area contributed by atoms with Crippen LogP contribution in [0.5, 0.6) is 0 Å². The Bertz CT molecular complexity index is 383. The lowest BCUT2D eigenvalue weighted by molar-refractivity contribution is -0.192. The average Bonchev–Trinajstić information content (AvgIpc) is 2.11. The van der Waals surface area contributed by atoms with Crippen LogP contribution in [0.4, 0.5) is 23.2 Å². The van der Waals surface area contributed by atoms with E-state index in [2.05, 4.69) is 4.98 Å². The summed E-state index contributed by atoms with van der Waals surface area (Å²) in [4.78, 5) is 12.3. The second kappa shape index (κ2) is 5.50. The number of alkyl halides is 3. The molecule has 1 heterocycles. The summed E-state index contributed by atoms with van der Waals surface area (Å²) in [6.45, 7) is 0. The van der Waals surface area contributed by atoms with Crippen molar-refractivity contribution in [2.75, 3.05) is 5.73 Å². The number of pyridine rings is 1. The molecule has 0 aliphatic heterocycles. The first-order valence-corrected chi connectivity index (χ1v) is 3.89. The lowest BCUT2D eigenvalue weighted by atomic mass is 10.4. The fourth-order valence-corrected chi connectivity index (χ4v) is 0.539. The van der Waals surface area contributed by atoms with Gasteiger partial charge in [-0.25, -0.2) is 14.2 Å². The molecular formula is C7H5ClF4N2O2. The van der Waals surface area contributed by atoms with E-state index in [1.807, 2.05) is 0 Å². The minimum Gasteiger partial charge on any atom is -0.475 e. The van der Waals surface area contributed by atoms with E-state index in [0.29, 0.717) is 0 Å². The molecule has 9 heteroatoms. The van der Waals surface area contributed by atoms with Gasteiger partial charge in [0.2, 0.25) is 0 Å². The molecule has 0 amide bonds. The molecule has 0 aromatic carbocycles. The van der Waals surface area contributed by atoms with Gasteiger partial charge in [-0.1, -0.05) is 11.6 Å². The molecule has 0 aliphatic rings. The number of rotatable bonds is 0. The predicted octanol–water partition coefficient (Wildman–Crippen LogP) is 2.09. The van der Waals surface area contributed by atoms with Gasteiger partial charge in [-0.05, 0) is 0 Å². The number of aromatic nitrogens is 1. The zero-order chi connectivity index (χ0) is 12.9. The van der Waals surface area contributed by atoms with Gasteiger partial charge < -0.3 is 10.8 Å². The van der Waals surface area contributed by atoms with Crippen molar-refractivity contribution in [2.45, 2.75) is 6.18 Å². The van der Waals surface area contributed by atoms with Crippen molar-refractivity contribution in [1.29, 1.82) is 0 Å². The average molecular weight is 261 g/mol. The Hall–Kier alpha value is -1.57. The number of carbonyl (C=O) groups is 1. The minimum atomic E-state index is -5.08. The molecule has 4 nitrogen and oxygen atoms in total. The molecule has 16 heavy (non-hydrogen) atoms. The molecule has 3 N–H and O–H groups in total. The molecule has 90 valence electrons. The first-order chi connectivity index (χ1) is 7.14. The van der Waals surface area contributed by atoms with Gasteiger partial charge in [0.05, 0.1) is 11.9 Å². The van der Waals surface area contributed by atoms with Crippen LogP contribution in [0.1, 0.15) is 0 Å². The normalized spacial score (nSPS) is 10.3. The molecular weight excluding hydrogens is 256 g/mol. The quantitative estimate of drug-likeness (QED) is 0.553. The summed E-state index contributed by atoms with van der Waals surface area (Å²) in [5, 5.41) is 6.98. The first kappa shape index (κ1) is 14.4. The zero-order valence-electron chi connectivity index (χ0n) is 7.42. The van der Waals surface area contributed by atoms with Crippen LogP contribution in [0, 0.1) is 5.82 Å². The lowest BCUT2D eigenvalue weighted by Crippen LogP contribution is -2.21. The van der Waals surface area contributed by atoms with Gasteiger partial charge in [0, 0.05) is 6.07 Å². The Kier molecular flexibility index (Phi) is 4.96. The fourth-order valence-electron chi connectivity index (χ4n) is 0.436. The smallest absolute Gasteiger partial charge is 0.475 e. The Morgan fingerprint density at radius 2 is 1.94 bits per heavy atom. The van der Waals surface area contributed by atoms with Crippen LogP contribution in [0.25, 0.3) is 0 Å². The largest absolute Gasteiger partial charge is 0.490 e. The van der Waals surface area contributed by atoms with E-state index in [1.54, 1.807) is 0 Å². The van der Waals surface area contributed by atoms with Crippen molar-refractivity contribution in [1.82, 2.24) is 4.98 Å². The number of hydrogen-bond donors (Lipinski definition) is 2. The van der Waals surface area contributed by atoms with Crippen LogP contribution < -0.4 is 5.73 Å². The highest BCUT2D eigenvalue weighted by Crippen LogP contribution is 2.13. The van der Waals surface area contributed by atoms with Crippen LogP contribution >= 0.6 is 11.6 Å². The maximum Gasteiger partial charge on any atom is 0.490 e. The minimum absolute atomic E-state index is 0.149. The molecule has 0 radical (unpaired) electrons. The molecule has 0 fully saturated rings. The summed E-state index contributed by atoms with van der Waals surface area (Å²) in [5.74, 6) is -3.34. The van der Waals surface area contributed by atoms with Crippen molar-refractivity contribution in [2.24, 2.45) is 0 Å². The van der Waals surface area contributed by atoms with E-state index in [4.69, 9.17) is 27.2 Å². The van der Waals surface area contributed by atoms with Gasteiger partial charge in [0.1, 0.15) is 0 Å². The van der Waals surface area contributed by atoms with E-state index >= 15 is 0 Å². The maximum absolute atomic E-state index is 12.3. The van der Waals surface area contributed by atoms with Crippen LogP contribution in [0.3, 0.4) is 0 Å². The highest BCUT2D eigenvalue weighted by molar-refractivity contribution is 6.29. The third kappa shape index (κ3) is 5.35. The summed E-state index contributed by atoms with van der Waals surface area (Å²) in [6, 6.07) is 1.12. The Labute approximate surface area is 91.6 Å². The molecule has 0 aliphatic carbocycles. The van der Waals surface area contributed by atoms with E-state index in [-0.39, 0.29) is 10.8 Å². The predicted molar refractivity (Wildman–Crippen MR) is 47.3 cm³/mol. The second-order valence-corrected chi connectivity index (χ2v) is 2.70. The molecule has 1 aromatic rings. The molecule has 0 spiro atoms. The second-order valence-electron chi connectivity index (χ2n) is 2.34. The van der Waals surface area contributed by atoms with Crippen molar-refractivity contribution >= 4 is 23.3 Å². The van der Waals surface area contributed by atoms with E-state index in [0.717, 1.165) is 6.07 Å². The van der Waals surface area contributed by atoms with Gasteiger partial charge in [0.25, 0.3) is 0 Å². The topological polar surface area (TPSA) is 76.2 Å². The molecule has 1 aromatic heterocycles. The summed E-state index contributed by atoms with van der Waals surface area (Å²) in [5.41, 5.74) is 5.44. The number of carboxylic acid groups (broad SMARTS) is 1. The molecule has 0 saturated heterocycles. The Morgan fingerprint density at radius 3 is 2.19 bits per heavy atom. The number of nitrogens with zero attached hydrogens (tertiary/aromatic N) is 1. The van der Waals surface area contributed by atoms with Gasteiger partial charge in [-0.3, -0.25) is 0 Å². The van der Waals surface area contributed by atoms with E-state index in [9.17, 15) is 17.6 Å². The highest BCUT2D eigenvalue weighted by Gasteiger charge is 2.38. The number of carboxylic acids is 1. The highest BCUT2D eigenvalue weighted by atomic mass is 35.5. The van der Waals surface area contributed by atoms with E-state index in [1.165, 1.54) is 6.20 Å². The number of anilines is 1. The third-order valence-corrected chi connectivity index (χ3v) is 1.34. The number of nitrogens with two attached hydrogens (primary N) is 1. The summed E-state index contributed by atoms with van der Waals surface area (Å²) < 4.78 is 44.0. The van der Waals surface area contributed by atoms with Crippen molar-refractivity contribution in [3.05, 3.63) is 23.2 Å².